The van der Waals surface area contributed by atoms with E-state index in [-0.39, 0.29) is 11.7 Å². The summed E-state index contributed by atoms with van der Waals surface area (Å²) in [5.74, 6) is -0.0983. The van der Waals surface area contributed by atoms with Crippen molar-refractivity contribution >= 4 is 5.91 Å². The van der Waals surface area contributed by atoms with Crippen molar-refractivity contribution in [1.29, 1.82) is 0 Å². The number of carbonyl (C=O) groups is 1. The minimum Gasteiger partial charge on any atom is -0.513 e. The van der Waals surface area contributed by atoms with Crippen molar-refractivity contribution in [3.63, 3.8) is 0 Å². The van der Waals surface area contributed by atoms with Gasteiger partial charge in [-0.25, -0.2) is 0 Å². The molecule has 4 N–H and O–H groups in total. The molecule has 1 unspecified atom stereocenters. The maximum atomic E-state index is 11.6. The molecule has 1 aliphatic heterocycles. The van der Waals surface area contributed by atoms with Gasteiger partial charge >= 0.3 is 0 Å². The molecule has 110 valence electrons. The Balaban J connectivity index is 2.04. The van der Waals surface area contributed by atoms with Gasteiger partial charge in [-0.3, -0.25) is 9.69 Å². The molecule has 0 bridgehead atoms. The van der Waals surface area contributed by atoms with Crippen LogP contribution in [0.15, 0.2) is 12.3 Å². The van der Waals surface area contributed by atoms with E-state index in [0.29, 0.717) is 19.4 Å². The average Bonchev–Trinajstić information content (AvgIpc) is 2.41. The zero-order valence-electron chi connectivity index (χ0n) is 11.4. The predicted molar refractivity (Wildman–Crippen MR) is 73.9 cm³/mol. The molecule has 19 heavy (non-hydrogen) atoms. The highest BCUT2D eigenvalue weighted by atomic mass is 16.5. The van der Waals surface area contributed by atoms with Crippen LogP contribution >= 0.6 is 0 Å². The van der Waals surface area contributed by atoms with Crippen LogP contribution in [0.5, 0.6) is 0 Å². The Morgan fingerprint density at radius 3 is 2.79 bits per heavy atom. The Morgan fingerprint density at radius 1 is 1.47 bits per heavy atom. The third kappa shape index (κ3) is 7.15. The van der Waals surface area contributed by atoms with Gasteiger partial charge in [-0.1, -0.05) is 6.58 Å². The number of carbonyl (C=O) groups excluding carboxylic acids is 1. The fraction of sp³-hybridized carbons (Fsp3) is 0.769. The number of nitrogens with one attached hydrogen (secondary N) is 1. The number of aliphatic hydroxyl groups excluding tert-OH is 1. The van der Waals surface area contributed by atoms with Gasteiger partial charge in [0.25, 0.3) is 0 Å². The number of amides is 1. The van der Waals surface area contributed by atoms with E-state index in [1.165, 1.54) is 0 Å². The quantitative estimate of drug-likeness (QED) is 0.427. The third-order valence-corrected chi connectivity index (χ3v) is 3.13. The maximum Gasteiger partial charge on any atom is 0.236 e. The summed E-state index contributed by atoms with van der Waals surface area (Å²) < 4.78 is 5.27. The topological polar surface area (TPSA) is 87.8 Å². The summed E-state index contributed by atoms with van der Waals surface area (Å²) in [5.41, 5.74) is 5.70. The number of morpholine rings is 1. The number of allylic oxidation sites excluding steroid dienone is 1. The third-order valence-electron chi connectivity index (χ3n) is 3.13. The summed E-state index contributed by atoms with van der Waals surface area (Å²) in [6.07, 6.45) is 1.69. The van der Waals surface area contributed by atoms with Crippen LogP contribution in [0.3, 0.4) is 0 Å². The summed E-state index contributed by atoms with van der Waals surface area (Å²) in [5, 5.41) is 11.8. The van der Waals surface area contributed by atoms with Crippen molar-refractivity contribution in [2.24, 2.45) is 5.73 Å². The SMILES string of the molecule is C=C(O)CCC(N)C(=O)NCCCN1CCOCC1. The van der Waals surface area contributed by atoms with Crippen molar-refractivity contribution < 1.29 is 14.6 Å². The lowest BCUT2D eigenvalue weighted by Crippen LogP contribution is -2.42. The second kappa shape index (κ2) is 8.90. The lowest BCUT2D eigenvalue weighted by molar-refractivity contribution is -0.122. The molecule has 1 rings (SSSR count). The van der Waals surface area contributed by atoms with E-state index in [1.54, 1.807) is 0 Å². The smallest absolute Gasteiger partial charge is 0.236 e. The number of nitrogens with two attached hydrogens (primary N) is 1. The van der Waals surface area contributed by atoms with E-state index in [1.807, 2.05) is 0 Å². The van der Waals surface area contributed by atoms with Crippen LogP contribution in [-0.4, -0.2) is 61.3 Å². The highest BCUT2D eigenvalue weighted by Gasteiger charge is 2.13. The molecule has 0 aromatic rings. The monoisotopic (exact) mass is 271 g/mol. The van der Waals surface area contributed by atoms with Crippen LogP contribution in [0, 0.1) is 0 Å². The minimum absolute atomic E-state index is 0.0653. The van der Waals surface area contributed by atoms with Gasteiger partial charge in [0, 0.05) is 26.1 Å². The summed E-state index contributed by atoms with van der Waals surface area (Å²) in [7, 11) is 0. The van der Waals surface area contributed by atoms with E-state index in [2.05, 4.69) is 16.8 Å². The molecule has 0 aliphatic carbocycles. The van der Waals surface area contributed by atoms with Crippen LogP contribution in [0.1, 0.15) is 19.3 Å². The first kappa shape index (κ1) is 15.9. The Morgan fingerprint density at radius 2 is 2.16 bits per heavy atom. The Hall–Kier alpha value is -1.11. The second-order valence-electron chi connectivity index (χ2n) is 4.81. The highest BCUT2D eigenvalue weighted by molar-refractivity contribution is 5.81. The average molecular weight is 271 g/mol. The zero-order chi connectivity index (χ0) is 14.1. The molecule has 0 aromatic carbocycles. The fourth-order valence-corrected chi connectivity index (χ4v) is 1.92. The fourth-order valence-electron chi connectivity index (χ4n) is 1.92. The van der Waals surface area contributed by atoms with Gasteiger partial charge in [0.05, 0.1) is 25.0 Å². The van der Waals surface area contributed by atoms with E-state index < -0.39 is 6.04 Å². The molecule has 1 heterocycles. The van der Waals surface area contributed by atoms with Gasteiger partial charge < -0.3 is 20.9 Å². The first-order valence-corrected chi connectivity index (χ1v) is 6.79. The van der Waals surface area contributed by atoms with Gasteiger partial charge in [0.15, 0.2) is 0 Å². The van der Waals surface area contributed by atoms with Gasteiger partial charge in [-0.2, -0.15) is 0 Å². The zero-order valence-corrected chi connectivity index (χ0v) is 11.4. The number of aliphatic hydroxyl groups is 1. The standard InChI is InChI=1S/C13H25N3O3/c1-11(17)3-4-12(14)13(18)15-5-2-6-16-7-9-19-10-8-16/h12,17H,1-10,14H2,(H,15,18). The van der Waals surface area contributed by atoms with Gasteiger partial charge in [-0.15, -0.1) is 0 Å². The molecule has 1 atom stereocenters. The van der Waals surface area contributed by atoms with E-state index in [0.717, 1.165) is 39.3 Å². The summed E-state index contributed by atoms with van der Waals surface area (Å²) >= 11 is 0. The summed E-state index contributed by atoms with van der Waals surface area (Å²) in [6, 6.07) is -0.577. The Kier molecular flexibility index (Phi) is 7.47. The molecule has 6 nitrogen and oxygen atoms in total. The normalized spacial score (nSPS) is 17.9. The molecule has 1 saturated heterocycles. The van der Waals surface area contributed by atoms with E-state index in [9.17, 15) is 4.79 Å². The summed E-state index contributed by atoms with van der Waals surface area (Å²) in [6.45, 7) is 8.48. The number of nitrogens with zero attached hydrogens (tertiary/aromatic N) is 1. The lowest BCUT2D eigenvalue weighted by Gasteiger charge is -2.26. The highest BCUT2D eigenvalue weighted by Crippen LogP contribution is 2.01. The van der Waals surface area contributed by atoms with Gasteiger partial charge in [0.2, 0.25) is 5.91 Å². The van der Waals surface area contributed by atoms with Crippen molar-refractivity contribution in [3.05, 3.63) is 12.3 Å². The molecule has 0 aromatic heterocycles. The maximum absolute atomic E-state index is 11.6. The number of rotatable bonds is 8. The van der Waals surface area contributed by atoms with Crippen LogP contribution < -0.4 is 11.1 Å². The molecular formula is C13H25N3O3. The largest absolute Gasteiger partial charge is 0.513 e. The molecule has 6 heteroatoms. The summed E-state index contributed by atoms with van der Waals surface area (Å²) in [4.78, 5) is 14.0. The van der Waals surface area contributed by atoms with Crippen LogP contribution in [-0.2, 0) is 9.53 Å². The molecule has 0 radical (unpaired) electrons. The first-order valence-electron chi connectivity index (χ1n) is 6.79. The Labute approximate surface area is 114 Å². The van der Waals surface area contributed by atoms with Gasteiger partial charge in [0.1, 0.15) is 0 Å². The van der Waals surface area contributed by atoms with Crippen molar-refractivity contribution in [2.75, 3.05) is 39.4 Å². The van der Waals surface area contributed by atoms with E-state index in [4.69, 9.17) is 15.6 Å². The first-order chi connectivity index (χ1) is 9.09. The van der Waals surface area contributed by atoms with Crippen LogP contribution in [0.25, 0.3) is 0 Å². The van der Waals surface area contributed by atoms with Crippen LogP contribution in [0.4, 0.5) is 0 Å². The molecule has 0 saturated carbocycles. The molecule has 1 fully saturated rings. The van der Waals surface area contributed by atoms with Crippen molar-refractivity contribution in [2.45, 2.75) is 25.3 Å². The number of hydrogen-bond acceptors (Lipinski definition) is 5. The number of hydrogen-bond donors (Lipinski definition) is 3. The molecular weight excluding hydrogens is 246 g/mol. The van der Waals surface area contributed by atoms with Crippen molar-refractivity contribution in [3.8, 4) is 0 Å². The molecule has 1 amide bonds. The predicted octanol–water partition coefficient (Wildman–Crippen LogP) is 0.00410. The number of ether oxygens (including phenoxy) is 1. The molecule has 1 aliphatic rings. The lowest BCUT2D eigenvalue weighted by atomic mass is 10.1. The second-order valence-corrected chi connectivity index (χ2v) is 4.81. The van der Waals surface area contributed by atoms with Crippen LogP contribution in [0.2, 0.25) is 0 Å². The van der Waals surface area contributed by atoms with E-state index >= 15 is 0 Å². The minimum atomic E-state index is -0.577. The van der Waals surface area contributed by atoms with Crippen molar-refractivity contribution in [1.82, 2.24) is 10.2 Å². The Bertz CT molecular complexity index is 291. The van der Waals surface area contributed by atoms with Gasteiger partial charge in [-0.05, 0) is 19.4 Å². The molecule has 0 spiro atoms.